The van der Waals surface area contributed by atoms with Gasteiger partial charge in [-0.25, -0.2) is 0 Å². The minimum atomic E-state index is 0.0751. The smallest absolute Gasteiger partial charge is 0.260 e. The quantitative estimate of drug-likeness (QED) is 0.830. The van der Waals surface area contributed by atoms with Crippen LogP contribution in [0.25, 0.3) is 0 Å². The molecule has 1 atom stereocenters. The Labute approximate surface area is 120 Å². The zero-order valence-electron chi connectivity index (χ0n) is 12.3. The molecule has 1 aliphatic rings. The van der Waals surface area contributed by atoms with Gasteiger partial charge in [0.05, 0.1) is 6.61 Å². The molecule has 0 bridgehead atoms. The van der Waals surface area contributed by atoms with Crippen LogP contribution in [-0.4, -0.2) is 36.6 Å². The van der Waals surface area contributed by atoms with Crippen LogP contribution in [0.4, 0.5) is 0 Å². The van der Waals surface area contributed by atoms with Crippen LogP contribution in [0.1, 0.15) is 33.1 Å². The standard InChI is InChI=1S/C16H23NO3/c1-3-19-14-7-9-15(10-8-14)20-12-16(18)17-11-5-4-6-13(17)2/h7-10,13H,3-6,11-12H2,1-2H3. The Morgan fingerprint density at radius 3 is 2.45 bits per heavy atom. The van der Waals surface area contributed by atoms with Crippen molar-refractivity contribution in [1.82, 2.24) is 4.90 Å². The molecule has 1 aromatic carbocycles. The lowest BCUT2D eigenvalue weighted by Gasteiger charge is -2.33. The number of hydrogen-bond donors (Lipinski definition) is 0. The molecule has 4 heteroatoms. The Bertz CT molecular complexity index is 430. The molecule has 1 saturated heterocycles. The second kappa shape index (κ2) is 7.17. The first-order valence-corrected chi connectivity index (χ1v) is 7.36. The first-order valence-electron chi connectivity index (χ1n) is 7.36. The summed E-state index contributed by atoms with van der Waals surface area (Å²) in [7, 11) is 0. The lowest BCUT2D eigenvalue weighted by atomic mass is 10.0. The van der Waals surface area contributed by atoms with Crippen molar-refractivity contribution in [3.8, 4) is 11.5 Å². The van der Waals surface area contributed by atoms with Crippen LogP contribution in [0.15, 0.2) is 24.3 Å². The molecule has 0 aromatic heterocycles. The van der Waals surface area contributed by atoms with Crippen molar-refractivity contribution in [2.75, 3.05) is 19.8 Å². The molecule has 1 heterocycles. The van der Waals surface area contributed by atoms with Crippen molar-refractivity contribution in [3.05, 3.63) is 24.3 Å². The summed E-state index contributed by atoms with van der Waals surface area (Å²) >= 11 is 0. The Morgan fingerprint density at radius 1 is 1.20 bits per heavy atom. The van der Waals surface area contributed by atoms with Gasteiger partial charge in [-0.1, -0.05) is 0 Å². The van der Waals surface area contributed by atoms with E-state index in [1.807, 2.05) is 36.1 Å². The van der Waals surface area contributed by atoms with Gasteiger partial charge in [0.1, 0.15) is 11.5 Å². The van der Waals surface area contributed by atoms with Crippen molar-refractivity contribution in [2.45, 2.75) is 39.2 Å². The summed E-state index contributed by atoms with van der Waals surface area (Å²) in [6.07, 6.45) is 3.40. The molecule has 4 nitrogen and oxygen atoms in total. The minimum absolute atomic E-state index is 0.0751. The zero-order valence-corrected chi connectivity index (χ0v) is 12.3. The van der Waals surface area contributed by atoms with Crippen molar-refractivity contribution in [1.29, 1.82) is 0 Å². The van der Waals surface area contributed by atoms with Gasteiger partial charge >= 0.3 is 0 Å². The number of piperidine rings is 1. The average Bonchev–Trinajstić information content (AvgIpc) is 2.47. The second-order valence-corrected chi connectivity index (χ2v) is 5.13. The first kappa shape index (κ1) is 14.7. The van der Waals surface area contributed by atoms with E-state index in [-0.39, 0.29) is 12.5 Å². The predicted octanol–water partition coefficient (Wildman–Crippen LogP) is 2.87. The summed E-state index contributed by atoms with van der Waals surface area (Å²) < 4.78 is 10.9. The molecule has 0 aliphatic carbocycles. The molecule has 0 spiro atoms. The van der Waals surface area contributed by atoms with Gasteiger partial charge in [-0.05, 0) is 57.4 Å². The van der Waals surface area contributed by atoms with Crippen molar-refractivity contribution in [2.24, 2.45) is 0 Å². The fourth-order valence-corrected chi connectivity index (χ4v) is 2.50. The van der Waals surface area contributed by atoms with Gasteiger partial charge in [0, 0.05) is 12.6 Å². The number of nitrogens with zero attached hydrogens (tertiary/aromatic N) is 1. The minimum Gasteiger partial charge on any atom is -0.494 e. The number of rotatable bonds is 5. The highest BCUT2D eigenvalue weighted by Crippen LogP contribution is 2.19. The van der Waals surface area contributed by atoms with Gasteiger partial charge in [-0.2, -0.15) is 0 Å². The monoisotopic (exact) mass is 277 g/mol. The average molecular weight is 277 g/mol. The van der Waals surface area contributed by atoms with Crippen molar-refractivity contribution < 1.29 is 14.3 Å². The third kappa shape index (κ3) is 3.89. The molecular formula is C16H23NO3. The molecule has 1 fully saturated rings. The number of carbonyl (C=O) groups excluding carboxylic acids is 1. The molecule has 20 heavy (non-hydrogen) atoms. The molecule has 110 valence electrons. The van der Waals surface area contributed by atoms with Gasteiger partial charge in [0.2, 0.25) is 0 Å². The van der Waals surface area contributed by atoms with Gasteiger partial charge < -0.3 is 14.4 Å². The van der Waals surface area contributed by atoms with Crippen LogP contribution in [0.2, 0.25) is 0 Å². The summed E-state index contributed by atoms with van der Waals surface area (Å²) in [5.41, 5.74) is 0. The maximum Gasteiger partial charge on any atom is 0.260 e. The lowest BCUT2D eigenvalue weighted by Crippen LogP contribution is -2.44. The number of likely N-dealkylation sites (tertiary alicyclic amines) is 1. The highest BCUT2D eigenvalue weighted by molar-refractivity contribution is 5.78. The number of benzene rings is 1. The van der Waals surface area contributed by atoms with Crippen LogP contribution < -0.4 is 9.47 Å². The van der Waals surface area contributed by atoms with E-state index in [4.69, 9.17) is 9.47 Å². The molecule has 0 saturated carbocycles. The van der Waals surface area contributed by atoms with Crippen molar-refractivity contribution >= 4 is 5.91 Å². The Hall–Kier alpha value is -1.71. The van der Waals surface area contributed by atoms with Crippen LogP contribution in [0.3, 0.4) is 0 Å². The van der Waals surface area contributed by atoms with Crippen LogP contribution in [0, 0.1) is 0 Å². The summed E-state index contributed by atoms with van der Waals surface area (Å²) in [6.45, 7) is 5.66. The number of ether oxygens (including phenoxy) is 2. The Kier molecular flexibility index (Phi) is 5.27. The van der Waals surface area contributed by atoms with E-state index in [1.165, 1.54) is 6.42 Å². The third-order valence-electron chi connectivity index (χ3n) is 3.62. The highest BCUT2D eigenvalue weighted by atomic mass is 16.5. The fourth-order valence-electron chi connectivity index (χ4n) is 2.50. The Balaban J connectivity index is 1.83. The van der Waals surface area contributed by atoms with E-state index in [0.29, 0.717) is 18.4 Å². The van der Waals surface area contributed by atoms with E-state index in [1.54, 1.807) is 0 Å². The summed E-state index contributed by atoms with van der Waals surface area (Å²) in [5, 5.41) is 0. The molecule has 0 radical (unpaired) electrons. The van der Waals surface area contributed by atoms with E-state index < -0.39 is 0 Å². The molecule has 0 N–H and O–H groups in total. The summed E-state index contributed by atoms with van der Waals surface area (Å²) in [6, 6.07) is 7.70. The highest BCUT2D eigenvalue weighted by Gasteiger charge is 2.23. The molecule has 1 unspecified atom stereocenters. The van der Waals surface area contributed by atoms with Crippen LogP contribution >= 0.6 is 0 Å². The van der Waals surface area contributed by atoms with Crippen LogP contribution in [0.5, 0.6) is 11.5 Å². The molecule has 1 aromatic rings. The molecule has 2 rings (SSSR count). The zero-order chi connectivity index (χ0) is 14.4. The van der Waals surface area contributed by atoms with Gasteiger partial charge in [0.15, 0.2) is 6.61 Å². The summed E-state index contributed by atoms with van der Waals surface area (Å²) in [4.78, 5) is 14.1. The number of hydrogen-bond acceptors (Lipinski definition) is 3. The largest absolute Gasteiger partial charge is 0.494 e. The molecular weight excluding hydrogens is 254 g/mol. The predicted molar refractivity (Wildman–Crippen MR) is 78.1 cm³/mol. The lowest BCUT2D eigenvalue weighted by molar-refractivity contribution is -0.136. The van der Waals surface area contributed by atoms with E-state index in [9.17, 15) is 4.79 Å². The van der Waals surface area contributed by atoms with Crippen molar-refractivity contribution in [3.63, 3.8) is 0 Å². The van der Waals surface area contributed by atoms with Crippen LogP contribution in [-0.2, 0) is 4.79 Å². The summed E-state index contributed by atoms with van der Waals surface area (Å²) in [5.74, 6) is 1.59. The van der Waals surface area contributed by atoms with Gasteiger partial charge in [-0.3, -0.25) is 4.79 Å². The maximum absolute atomic E-state index is 12.1. The van der Waals surface area contributed by atoms with E-state index in [0.717, 1.165) is 25.1 Å². The third-order valence-corrected chi connectivity index (χ3v) is 3.62. The van der Waals surface area contributed by atoms with Gasteiger partial charge in [-0.15, -0.1) is 0 Å². The van der Waals surface area contributed by atoms with Gasteiger partial charge in [0.25, 0.3) is 5.91 Å². The second-order valence-electron chi connectivity index (χ2n) is 5.13. The topological polar surface area (TPSA) is 38.8 Å². The first-order chi connectivity index (χ1) is 9.70. The SMILES string of the molecule is CCOc1ccc(OCC(=O)N2CCCCC2C)cc1. The molecule has 1 aliphatic heterocycles. The number of carbonyl (C=O) groups is 1. The Morgan fingerprint density at radius 2 is 1.85 bits per heavy atom. The normalized spacial score (nSPS) is 18.7. The van der Waals surface area contributed by atoms with E-state index >= 15 is 0 Å². The maximum atomic E-state index is 12.1. The fraction of sp³-hybridized carbons (Fsp3) is 0.562. The van der Waals surface area contributed by atoms with E-state index in [2.05, 4.69) is 6.92 Å². The molecule has 1 amide bonds. The number of amides is 1.